The van der Waals surface area contributed by atoms with E-state index in [-0.39, 0.29) is 11.2 Å². The second kappa shape index (κ2) is 5.10. The first-order chi connectivity index (χ1) is 8.11. The minimum atomic E-state index is 0.00285. The van der Waals surface area contributed by atoms with Crippen molar-refractivity contribution in [2.45, 2.75) is 29.9 Å². The van der Waals surface area contributed by atoms with Crippen LogP contribution in [0, 0.1) is 0 Å². The Bertz CT molecular complexity index is 433. The summed E-state index contributed by atoms with van der Waals surface area (Å²) in [6.45, 7) is 5.05. The van der Waals surface area contributed by atoms with Crippen LogP contribution in [-0.4, -0.2) is 24.7 Å². The summed E-state index contributed by atoms with van der Waals surface area (Å²) in [5.74, 6) is 0.549. The molecule has 0 aliphatic carbocycles. The maximum Gasteiger partial charge on any atom is 0.237 e. The van der Waals surface area contributed by atoms with Gasteiger partial charge in [0.2, 0.25) is 5.91 Å². The van der Waals surface area contributed by atoms with Crippen LogP contribution in [0.1, 0.15) is 25.3 Å². The number of benzene rings is 1. The quantitative estimate of drug-likeness (QED) is 0.865. The predicted molar refractivity (Wildman–Crippen MR) is 72.7 cm³/mol. The third-order valence-electron chi connectivity index (χ3n) is 3.01. The van der Waals surface area contributed by atoms with Crippen molar-refractivity contribution in [2.75, 3.05) is 18.9 Å². The van der Waals surface area contributed by atoms with Gasteiger partial charge in [0.1, 0.15) is 0 Å². The second-order valence-electron chi connectivity index (χ2n) is 4.46. The minimum Gasteiger partial charge on any atom is -0.324 e. The van der Waals surface area contributed by atoms with E-state index in [1.165, 1.54) is 5.56 Å². The second-order valence-corrected chi connectivity index (χ2v) is 5.85. The Kier molecular flexibility index (Phi) is 3.74. The molecule has 17 heavy (non-hydrogen) atoms. The van der Waals surface area contributed by atoms with Gasteiger partial charge in [-0.3, -0.25) is 4.79 Å². The highest BCUT2D eigenvalue weighted by molar-refractivity contribution is 8.00. The largest absolute Gasteiger partial charge is 0.324 e. The van der Waals surface area contributed by atoms with Crippen LogP contribution in [0.25, 0.3) is 0 Å². The molecule has 0 aromatic heterocycles. The number of carbonyl (C=O) groups is 1. The number of hydrogen-bond acceptors (Lipinski definition) is 3. The van der Waals surface area contributed by atoms with Gasteiger partial charge in [-0.1, -0.05) is 13.0 Å². The highest BCUT2D eigenvalue weighted by Gasteiger charge is 2.23. The normalized spacial score (nSPS) is 20.6. The first kappa shape index (κ1) is 12.5. The summed E-state index contributed by atoms with van der Waals surface area (Å²) in [4.78, 5) is 12.8. The van der Waals surface area contributed by atoms with E-state index in [0.29, 0.717) is 5.92 Å². The highest BCUT2D eigenvalue weighted by Crippen LogP contribution is 2.36. The SMILES string of the molecule is CNCC(C)c1ccc2c(c1)NC(=O)C(C)S2. The van der Waals surface area contributed by atoms with E-state index in [2.05, 4.69) is 35.8 Å². The molecule has 1 aliphatic rings. The van der Waals surface area contributed by atoms with Crippen LogP contribution >= 0.6 is 11.8 Å². The Morgan fingerprint density at radius 3 is 3.00 bits per heavy atom. The van der Waals surface area contributed by atoms with Gasteiger partial charge < -0.3 is 10.6 Å². The lowest BCUT2D eigenvalue weighted by atomic mass is 10.0. The highest BCUT2D eigenvalue weighted by atomic mass is 32.2. The van der Waals surface area contributed by atoms with E-state index in [9.17, 15) is 4.79 Å². The van der Waals surface area contributed by atoms with Crippen molar-refractivity contribution < 1.29 is 4.79 Å². The summed E-state index contributed by atoms with van der Waals surface area (Å²) in [5.41, 5.74) is 2.21. The molecule has 0 saturated heterocycles. The molecular weight excluding hydrogens is 232 g/mol. The van der Waals surface area contributed by atoms with E-state index in [4.69, 9.17) is 0 Å². The van der Waals surface area contributed by atoms with Crippen molar-refractivity contribution in [3.05, 3.63) is 23.8 Å². The van der Waals surface area contributed by atoms with E-state index >= 15 is 0 Å². The smallest absolute Gasteiger partial charge is 0.237 e. The third-order valence-corrected chi connectivity index (χ3v) is 4.19. The number of likely N-dealkylation sites (N-methyl/N-ethyl adjacent to an activating group) is 1. The fourth-order valence-corrected chi connectivity index (χ4v) is 2.89. The van der Waals surface area contributed by atoms with Crippen LogP contribution in [0.4, 0.5) is 5.69 Å². The Morgan fingerprint density at radius 1 is 1.53 bits per heavy atom. The van der Waals surface area contributed by atoms with Gasteiger partial charge in [0.05, 0.1) is 10.9 Å². The van der Waals surface area contributed by atoms with E-state index in [1.54, 1.807) is 11.8 Å². The summed E-state index contributed by atoms with van der Waals surface area (Å²) in [6.07, 6.45) is 0. The van der Waals surface area contributed by atoms with Gasteiger partial charge in [-0.15, -0.1) is 11.8 Å². The molecule has 1 heterocycles. The van der Waals surface area contributed by atoms with Crippen LogP contribution < -0.4 is 10.6 Å². The number of rotatable bonds is 3. The molecule has 3 nitrogen and oxygen atoms in total. The van der Waals surface area contributed by atoms with Gasteiger partial charge in [0.15, 0.2) is 0 Å². The fourth-order valence-electron chi connectivity index (χ4n) is 1.96. The van der Waals surface area contributed by atoms with Crippen molar-refractivity contribution in [3.8, 4) is 0 Å². The van der Waals surface area contributed by atoms with E-state index in [1.807, 2.05) is 14.0 Å². The number of fused-ring (bicyclic) bond motifs is 1. The summed E-state index contributed by atoms with van der Waals surface area (Å²) >= 11 is 1.63. The zero-order valence-corrected chi connectivity index (χ0v) is 11.2. The fraction of sp³-hybridized carbons (Fsp3) is 0.462. The van der Waals surface area contributed by atoms with Gasteiger partial charge >= 0.3 is 0 Å². The van der Waals surface area contributed by atoms with Crippen molar-refractivity contribution in [1.29, 1.82) is 0 Å². The summed E-state index contributed by atoms with van der Waals surface area (Å²) in [6, 6.07) is 6.35. The standard InChI is InChI=1S/C13H18N2OS/c1-8(7-14-3)10-4-5-12-11(6-10)15-13(16)9(2)17-12/h4-6,8-9,14H,7H2,1-3H3,(H,15,16). The zero-order chi connectivity index (χ0) is 12.4. The molecule has 0 spiro atoms. The molecular formula is C13H18N2OS. The molecule has 2 unspecified atom stereocenters. The molecule has 2 rings (SSSR count). The monoisotopic (exact) mass is 250 g/mol. The molecule has 2 N–H and O–H groups in total. The summed E-state index contributed by atoms with van der Waals surface area (Å²) < 4.78 is 0. The molecule has 2 atom stereocenters. The molecule has 1 aromatic carbocycles. The molecule has 4 heteroatoms. The van der Waals surface area contributed by atoms with Crippen LogP contribution in [0.5, 0.6) is 0 Å². The van der Waals surface area contributed by atoms with Crippen molar-refractivity contribution in [2.24, 2.45) is 0 Å². The van der Waals surface area contributed by atoms with E-state index in [0.717, 1.165) is 17.1 Å². The molecule has 0 fully saturated rings. The summed E-state index contributed by atoms with van der Waals surface area (Å²) in [7, 11) is 1.95. The number of hydrogen-bond donors (Lipinski definition) is 2. The Labute approximate surface area is 106 Å². The lowest BCUT2D eigenvalue weighted by Gasteiger charge is -2.23. The molecule has 0 saturated carbocycles. The van der Waals surface area contributed by atoms with Gasteiger partial charge in [-0.25, -0.2) is 0 Å². The molecule has 0 bridgehead atoms. The minimum absolute atomic E-state index is 0.00285. The van der Waals surface area contributed by atoms with Gasteiger partial charge in [-0.05, 0) is 37.6 Å². The first-order valence-electron chi connectivity index (χ1n) is 5.88. The van der Waals surface area contributed by atoms with Crippen LogP contribution in [0.15, 0.2) is 23.1 Å². The van der Waals surface area contributed by atoms with Crippen molar-refractivity contribution >= 4 is 23.4 Å². The number of thioether (sulfide) groups is 1. The number of carbonyl (C=O) groups excluding carboxylic acids is 1. The number of anilines is 1. The Hall–Kier alpha value is -1.000. The lowest BCUT2D eigenvalue weighted by molar-refractivity contribution is -0.115. The maximum atomic E-state index is 11.6. The molecule has 1 aromatic rings. The van der Waals surface area contributed by atoms with Crippen molar-refractivity contribution in [1.82, 2.24) is 5.32 Å². The van der Waals surface area contributed by atoms with Crippen LogP contribution in [0.3, 0.4) is 0 Å². The van der Waals surface area contributed by atoms with Crippen LogP contribution in [0.2, 0.25) is 0 Å². The molecule has 92 valence electrons. The first-order valence-corrected chi connectivity index (χ1v) is 6.76. The molecule has 0 radical (unpaired) electrons. The average Bonchev–Trinajstić information content (AvgIpc) is 2.30. The van der Waals surface area contributed by atoms with E-state index < -0.39 is 0 Å². The third kappa shape index (κ3) is 2.64. The average molecular weight is 250 g/mol. The topological polar surface area (TPSA) is 41.1 Å². The Balaban J connectivity index is 2.25. The maximum absolute atomic E-state index is 11.6. The van der Waals surface area contributed by atoms with Crippen molar-refractivity contribution in [3.63, 3.8) is 0 Å². The lowest BCUT2D eigenvalue weighted by Crippen LogP contribution is -2.26. The summed E-state index contributed by atoms with van der Waals surface area (Å²) in [5, 5.41) is 6.14. The molecule has 1 aliphatic heterocycles. The van der Waals surface area contributed by atoms with Gasteiger partial charge in [0, 0.05) is 11.4 Å². The Morgan fingerprint density at radius 2 is 2.29 bits per heavy atom. The van der Waals surface area contributed by atoms with Crippen LogP contribution in [-0.2, 0) is 4.79 Å². The predicted octanol–water partition coefficient (Wildman–Crippen LogP) is 2.44. The van der Waals surface area contributed by atoms with Gasteiger partial charge in [0.25, 0.3) is 0 Å². The molecule has 1 amide bonds. The number of amides is 1. The number of nitrogens with one attached hydrogen (secondary N) is 2. The zero-order valence-electron chi connectivity index (χ0n) is 10.4. The van der Waals surface area contributed by atoms with Gasteiger partial charge in [-0.2, -0.15) is 0 Å².